The van der Waals surface area contributed by atoms with Crippen molar-refractivity contribution in [3.8, 4) is 11.8 Å². The van der Waals surface area contributed by atoms with E-state index in [-0.39, 0.29) is 10.6 Å². The molecule has 0 radical (unpaired) electrons. The third kappa shape index (κ3) is 4.08. The molecular weight excluding hydrogens is 452 g/mol. The van der Waals surface area contributed by atoms with Crippen LogP contribution in [-0.4, -0.2) is 24.5 Å². The van der Waals surface area contributed by atoms with Gasteiger partial charge < -0.3 is 9.52 Å². The zero-order valence-corrected chi connectivity index (χ0v) is 18.3. The summed E-state index contributed by atoms with van der Waals surface area (Å²) in [5.74, 6) is 4.68. The smallest absolute Gasteiger partial charge is 0.354 e. The fraction of sp³-hybridized carbons (Fsp3) is 0. The SMILES string of the molecule is O=C(O)c1ccc(C#Cc2ccccc2NS(=O)(=O)c2ccc3oc4ccccc4c3c2)cn1. The minimum atomic E-state index is -3.91. The standard InChI is InChI=1S/C26H16N2O5S/c29-26(30)23-13-10-17(16-27-23)9-11-18-5-1-3-7-22(18)28-34(31,32)19-12-14-25-21(15-19)20-6-2-4-8-24(20)33-25/h1-8,10,12-16,28H,(H,29,30). The predicted molar refractivity (Wildman–Crippen MR) is 128 cm³/mol. The van der Waals surface area contributed by atoms with Gasteiger partial charge in [-0.15, -0.1) is 0 Å². The highest BCUT2D eigenvalue weighted by atomic mass is 32.2. The van der Waals surface area contributed by atoms with E-state index in [0.29, 0.717) is 33.4 Å². The molecule has 0 aliphatic heterocycles. The normalized spacial score (nSPS) is 11.2. The van der Waals surface area contributed by atoms with Crippen LogP contribution in [0, 0.1) is 11.8 Å². The Morgan fingerprint density at radius 3 is 2.44 bits per heavy atom. The molecule has 0 aliphatic carbocycles. The molecule has 5 aromatic rings. The number of hydrogen-bond acceptors (Lipinski definition) is 5. The van der Waals surface area contributed by atoms with Gasteiger partial charge in [-0.25, -0.2) is 18.2 Å². The molecule has 5 rings (SSSR count). The monoisotopic (exact) mass is 468 g/mol. The quantitative estimate of drug-likeness (QED) is 0.364. The second-order valence-corrected chi connectivity index (χ2v) is 9.08. The van der Waals surface area contributed by atoms with E-state index in [0.717, 1.165) is 5.39 Å². The van der Waals surface area contributed by atoms with Crippen molar-refractivity contribution in [3.05, 3.63) is 102 Å². The average molecular weight is 468 g/mol. The van der Waals surface area contributed by atoms with E-state index < -0.39 is 16.0 Å². The first kappa shape index (κ1) is 21.2. The molecule has 34 heavy (non-hydrogen) atoms. The van der Waals surface area contributed by atoms with E-state index in [1.54, 1.807) is 42.5 Å². The van der Waals surface area contributed by atoms with Crippen molar-refractivity contribution in [3.63, 3.8) is 0 Å². The van der Waals surface area contributed by atoms with Crippen LogP contribution in [0.1, 0.15) is 21.6 Å². The van der Waals surface area contributed by atoms with Crippen LogP contribution in [0.25, 0.3) is 21.9 Å². The van der Waals surface area contributed by atoms with Gasteiger partial charge in [0.2, 0.25) is 0 Å². The number of rotatable bonds is 4. The van der Waals surface area contributed by atoms with Crippen LogP contribution in [0.2, 0.25) is 0 Å². The summed E-state index contributed by atoms with van der Waals surface area (Å²) in [5, 5.41) is 10.5. The summed E-state index contributed by atoms with van der Waals surface area (Å²) in [7, 11) is -3.91. The summed E-state index contributed by atoms with van der Waals surface area (Å²) in [6.45, 7) is 0. The molecule has 0 unspecified atom stereocenters. The number of aromatic nitrogens is 1. The summed E-state index contributed by atoms with van der Waals surface area (Å²) in [5.41, 5.74) is 2.49. The topological polar surface area (TPSA) is 110 Å². The van der Waals surface area contributed by atoms with E-state index in [9.17, 15) is 13.2 Å². The van der Waals surface area contributed by atoms with Crippen molar-refractivity contribution >= 4 is 43.6 Å². The second-order valence-electron chi connectivity index (χ2n) is 7.39. The maximum atomic E-state index is 13.2. The number of furan rings is 1. The van der Waals surface area contributed by atoms with Crippen LogP contribution in [0.3, 0.4) is 0 Å². The number of benzene rings is 3. The summed E-state index contributed by atoms with van der Waals surface area (Å²) in [4.78, 5) is 14.9. The number of anilines is 1. The summed E-state index contributed by atoms with van der Waals surface area (Å²) >= 11 is 0. The highest BCUT2D eigenvalue weighted by molar-refractivity contribution is 7.92. The Balaban J connectivity index is 1.47. The minimum absolute atomic E-state index is 0.0823. The zero-order valence-electron chi connectivity index (χ0n) is 17.5. The number of pyridine rings is 1. The zero-order chi connectivity index (χ0) is 23.7. The maximum absolute atomic E-state index is 13.2. The van der Waals surface area contributed by atoms with Crippen LogP contribution < -0.4 is 4.72 Å². The molecule has 0 spiro atoms. The van der Waals surface area contributed by atoms with E-state index in [1.165, 1.54) is 18.3 Å². The molecule has 2 heterocycles. The first-order chi connectivity index (χ1) is 16.4. The third-order valence-electron chi connectivity index (χ3n) is 5.15. The molecule has 0 aliphatic rings. The van der Waals surface area contributed by atoms with E-state index in [2.05, 4.69) is 21.5 Å². The fourth-order valence-corrected chi connectivity index (χ4v) is 4.60. The number of carboxylic acid groups (broad SMARTS) is 1. The van der Waals surface area contributed by atoms with E-state index in [1.807, 2.05) is 24.3 Å². The van der Waals surface area contributed by atoms with Gasteiger partial charge in [-0.1, -0.05) is 42.2 Å². The molecule has 0 bridgehead atoms. The van der Waals surface area contributed by atoms with Crippen molar-refractivity contribution in [2.24, 2.45) is 0 Å². The van der Waals surface area contributed by atoms with E-state index >= 15 is 0 Å². The lowest BCUT2D eigenvalue weighted by molar-refractivity contribution is 0.0690. The Bertz CT molecular complexity index is 1730. The van der Waals surface area contributed by atoms with Gasteiger partial charge in [0, 0.05) is 28.1 Å². The largest absolute Gasteiger partial charge is 0.477 e. The van der Waals surface area contributed by atoms with Crippen LogP contribution in [0.15, 0.2) is 94.4 Å². The molecule has 0 atom stereocenters. The number of hydrogen-bond donors (Lipinski definition) is 2. The van der Waals surface area contributed by atoms with Gasteiger partial charge in [0.25, 0.3) is 10.0 Å². The number of carboxylic acids is 1. The Labute approximate surface area is 194 Å². The van der Waals surface area contributed by atoms with Crippen LogP contribution in [0.5, 0.6) is 0 Å². The van der Waals surface area contributed by atoms with Gasteiger partial charge in [-0.2, -0.15) is 0 Å². The molecular formula is C26H16N2O5S. The first-order valence-corrected chi connectivity index (χ1v) is 11.6. The van der Waals surface area contributed by atoms with Crippen molar-refractivity contribution in [1.82, 2.24) is 4.98 Å². The highest BCUT2D eigenvalue weighted by Crippen LogP contribution is 2.31. The predicted octanol–water partition coefficient (Wildman–Crippen LogP) is 4.88. The number of fused-ring (bicyclic) bond motifs is 3. The minimum Gasteiger partial charge on any atom is -0.477 e. The van der Waals surface area contributed by atoms with Gasteiger partial charge in [0.15, 0.2) is 0 Å². The number of aromatic carboxylic acids is 1. The van der Waals surface area contributed by atoms with Crippen molar-refractivity contribution < 1.29 is 22.7 Å². The fourth-order valence-electron chi connectivity index (χ4n) is 3.49. The summed E-state index contributed by atoms with van der Waals surface area (Å²) < 4.78 is 34.7. The number of nitrogens with zero attached hydrogens (tertiary/aromatic N) is 1. The molecule has 0 fully saturated rings. The molecule has 7 nitrogen and oxygen atoms in total. The summed E-state index contributed by atoms with van der Waals surface area (Å²) in [6, 6.07) is 21.8. The van der Waals surface area contributed by atoms with Gasteiger partial charge in [0.05, 0.1) is 10.6 Å². The third-order valence-corrected chi connectivity index (χ3v) is 6.52. The number of carbonyl (C=O) groups is 1. The van der Waals surface area contributed by atoms with Gasteiger partial charge >= 0.3 is 5.97 Å². The average Bonchev–Trinajstić information content (AvgIpc) is 3.21. The molecule has 8 heteroatoms. The molecule has 0 saturated carbocycles. The summed E-state index contributed by atoms with van der Waals surface area (Å²) in [6.07, 6.45) is 1.35. The Kier molecular flexibility index (Phi) is 5.24. The lowest BCUT2D eigenvalue weighted by Gasteiger charge is -2.10. The molecule has 2 N–H and O–H groups in total. The highest BCUT2D eigenvalue weighted by Gasteiger charge is 2.18. The van der Waals surface area contributed by atoms with Gasteiger partial charge in [-0.3, -0.25) is 4.72 Å². The van der Waals surface area contributed by atoms with Crippen LogP contribution in [-0.2, 0) is 10.0 Å². The van der Waals surface area contributed by atoms with Crippen molar-refractivity contribution in [1.29, 1.82) is 0 Å². The number of nitrogens with one attached hydrogen (secondary N) is 1. The van der Waals surface area contributed by atoms with Gasteiger partial charge in [0.1, 0.15) is 16.9 Å². The van der Waals surface area contributed by atoms with Crippen LogP contribution in [0.4, 0.5) is 5.69 Å². The Hall–Kier alpha value is -4.61. The molecule has 166 valence electrons. The molecule has 0 saturated heterocycles. The van der Waals surface area contributed by atoms with Crippen LogP contribution >= 0.6 is 0 Å². The Morgan fingerprint density at radius 2 is 1.65 bits per heavy atom. The lowest BCUT2D eigenvalue weighted by Crippen LogP contribution is -2.13. The van der Waals surface area contributed by atoms with Crippen molar-refractivity contribution in [2.75, 3.05) is 4.72 Å². The lowest BCUT2D eigenvalue weighted by atomic mass is 10.1. The molecule has 3 aromatic carbocycles. The Morgan fingerprint density at radius 1 is 0.882 bits per heavy atom. The molecule has 2 aromatic heterocycles. The first-order valence-electron chi connectivity index (χ1n) is 10.2. The second kappa shape index (κ2) is 8.39. The number of sulfonamides is 1. The van der Waals surface area contributed by atoms with Crippen molar-refractivity contribution in [2.45, 2.75) is 4.90 Å². The van der Waals surface area contributed by atoms with E-state index in [4.69, 9.17) is 9.52 Å². The maximum Gasteiger partial charge on any atom is 0.354 e. The molecule has 0 amide bonds. The number of para-hydroxylation sites is 2. The van der Waals surface area contributed by atoms with Gasteiger partial charge in [-0.05, 0) is 48.5 Å².